The van der Waals surface area contributed by atoms with Crippen LogP contribution in [0.15, 0.2) is 0 Å². The lowest BCUT2D eigenvalue weighted by Gasteiger charge is -2.18. The first kappa shape index (κ1) is 9.67. The van der Waals surface area contributed by atoms with Gasteiger partial charge in [0, 0.05) is 6.42 Å². The van der Waals surface area contributed by atoms with Crippen molar-refractivity contribution < 1.29 is 4.58 Å². The third kappa shape index (κ3) is 4.54. The topological polar surface area (TPSA) is 3.01 Å². The first-order chi connectivity index (χ1) is 4.48. The van der Waals surface area contributed by atoms with E-state index in [0.29, 0.717) is 5.41 Å². The van der Waals surface area contributed by atoms with Gasteiger partial charge in [0.05, 0.1) is 0 Å². The highest BCUT2D eigenvalue weighted by atomic mass is 14.9. The van der Waals surface area contributed by atoms with Crippen LogP contribution in [-0.2, 0) is 0 Å². The molecule has 0 aromatic rings. The van der Waals surface area contributed by atoms with Crippen LogP contribution in [0.5, 0.6) is 0 Å². The van der Waals surface area contributed by atoms with Crippen molar-refractivity contribution in [1.82, 2.24) is 0 Å². The fraction of sp³-hybridized carbons (Fsp3) is 0.889. The van der Waals surface area contributed by atoms with Gasteiger partial charge in [-0.3, -0.25) is 0 Å². The maximum atomic E-state index is 2.30. The Bertz CT molecular complexity index is 119. The van der Waals surface area contributed by atoms with E-state index in [1.54, 1.807) is 0 Å². The second kappa shape index (κ2) is 3.75. The summed E-state index contributed by atoms with van der Waals surface area (Å²) in [6.07, 6.45) is 4.66. The highest BCUT2D eigenvalue weighted by molar-refractivity contribution is 5.52. The van der Waals surface area contributed by atoms with Gasteiger partial charge in [0.15, 0.2) is 0 Å². The Morgan fingerprint density at radius 3 is 2.10 bits per heavy atom. The molecule has 0 saturated carbocycles. The fourth-order valence-electron chi connectivity index (χ4n) is 0.574. The molecule has 0 N–H and O–H groups in total. The molecule has 0 spiro atoms. The fourth-order valence-corrected chi connectivity index (χ4v) is 0.574. The van der Waals surface area contributed by atoms with Crippen LogP contribution in [0, 0.1) is 5.41 Å². The maximum Gasteiger partial charge on any atom is 0.139 e. The molecule has 0 aliphatic heterocycles. The van der Waals surface area contributed by atoms with E-state index < -0.39 is 0 Å². The van der Waals surface area contributed by atoms with E-state index in [4.69, 9.17) is 0 Å². The third-order valence-corrected chi connectivity index (χ3v) is 1.97. The van der Waals surface area contributed by atoms with Crippen LogP contribution in [-0.4, -0.2) is 24.9 Å². The summed E-state index contributed by atoms with van der Waals surface area (Å²) >= 11 is 0. The van der Waals surface area contributed by atoms with E-state index >= 15 is 0 Å². The summed E-state index contributed by atoms with van der Waals surface area (Å²) < 4.78 is 2.12. The molecule has 1 heteroatoms. The monoisotopic (exact) mass is 142 g/mol. The third-order valence-electron chi connectivity index (χ3n) is 1.97. The molecule has 0 saturated heterocycles. The van der Waals surface area contributed by atoms with E-state index in [0.717, 1.165) is 0 Å². The molecule has 0 aromatic carbocycles. The Morgan fingerprint density at radius 2 is 1.80 bits per heavy atom. The molecule has 0 atom stereocenters. The van der Waals surface area contributed by atoms with Gasteiger partial charge >= 0.3 is 0 Å². The van der Waals surface area contributed by atoms with Crippen molar-refractivity contribution in [2.24, 2.45) is 5.41 Å². The molecule has 0 fully saturated rings. The standard InChI is InChI=1S/C9H20N/c1-6-9(2,3)7-8-10(4)5/h8H,6-7H2,1-5H3/q+1. The minimum Gasteiger partial charge on any atom is -0.245 e. The Labute approximate surface area is 64.8 Å². The number of hydrogen-bond acceptors (Lipinski definition) is 0. The lowest BCUT2D eigenvalue weighted by Crippen LogP contribution is -2.13. The summed E-state index contributed by atoms with van der Waals surface area (Å²) in [6.45, 7) is 6.84. The summed E-state index contributed by atoms with van der Waals surface area (Å²) in [5.41, 5.74) is 0.476. The molecule has 60 valence electrons. The van der Waals surface area contributed by atoms with Gasteiger partial charge in [-0.05, 0) is 5.41 Å². The lowest BCUT2D eigenvalue weighted by atomic mass is 9.87. The van der Waals surface area contributed by atoms with Gasteiger partial charge < -0.3 is 0 Å². The highest BCUT2D eigenvalue weighted by Crippen LogP contribution is 2.22. The highest BCUT2D eigenvalue weighted by Gasteiger charge is 2.14. The largest absolute Gasteiger partial charge is 0.245 e. The average molecular weight is 142 g/mol. The molecule has 10 heavy (non-hydrogen) atoms. The van der Waals surface area contributed by atoms with Gasteiger partial charge in [-0.2, -0.15) is 0 Å². The van der Waals surface area contributed by atoms with Crippen LogP contribution < -0.4 is 0 Å². The molecular weight excluding hydrogens is 122 g/mol. The zero-order valence-corrected chi connectivity index (χ0v) is 7.94. The summed E-state index contributed by atoms with van der Waals surface area (Å²) in [4.78, 5) is 0. The predicted molar refractivity (Wildman–Crippen MR) is 46.9 cm³/mol. The lowest BCUT2D eigenvalue weighted by molar-refractivity contribution is -0.460. The van der Waals surface area contributed by atoms with Crippen molar-refractivity contribution in [2.45, 2.75) is 33.6 Å². The Kier molecular flexibility index (Phi) is 3.62. The molecule has 0 aliphatic rings. The number of hydrogen-bond donors (Lipinski definition) is 0. The van der Waals surface area contributed by atoms with Crippen molar-refractivity contribution in [2.75, 3.05) is 14.1 Å². The number of nitrogens with zero attached hydrogens (tertiary/aromatic N) is 1. The molecule has 0 bridgehead atoms. The second-order valence-corrected chi connectivity index (χ2v) is 3.87. The molecule has 0 rings (SSSR count). The molecule has 0 radical (unpaired) electrons. The van der Waals surface area contributed by atoms with Crippen LogP contribution >= 0.6 is 0 Å². The van der Waals surface area contributed by atoms with Crippen molar-refractivity contribution in [1.29, 1.82) is 0 Å². The van der Waals surface area contributed by atoms with E-state index in [2.05, 4.69) is 45.7 Å². The van der Waals surface area contributed by atoms with E-state index in [9.17, 15) is 0 Å². The first-order valence-corrected chi connectivity index (χ1v) is 3.98. The van der Waals surface area contributed by atoms with E-state index in [-0.39, 0.29) is 0 Å². The van der Waals surface area contributed by atoms with E-state index in [1.807, 2.05) is 0 Å². The van der Waals surface area contributed by atoms with Crippen molar-refractivity contribution >= 4 is 6.21 Å². The number of rotatable bonds is 3. The van der Waals surface area contributed by atoms with Crippen LogP contribution in [0.4, 0.5) is 0 Å². The van der Waals surface area contributed by atoms with Gasteiger partial charge in [0.2, 0.25) is 0 Å². The Morgan fingerprint density at radius 1 is 1.30 bits per heavy atom. The SMILES string of the molecule is CCC(C)(C)CC=[N+](C)C. The van der Waals surface area contributed by atoms with Crippen molar-refractivity contribution in [3.63, 3.8) is 0 Å². The minimum absolute atomic E-state index is 0.476. The second-order valence-electron chi connectivity index (χ2n) is 3.87. The first-order valence-electron chi connectivity index (χ1n) is 3.98. The van der Waals surface area contributed by atoms with Crippen LogP contribution in [0.2, 0.25) is 0 Å². The van der Waals surface area contributed by atoms with Gasteiger partial charge in [0.1, 0.15) is 20.3 Å². The summed E-state index contributed by atoms with van der Waals surface area (Å²) in [5.74, 6) is 0. The van der Waals surface area contributed by atoms with Gasteiger partial charge in [-0.15, -0.1) is 0 Å². The molecule has 0 aromatic heterocycles. The zero-order chi connectivity index (χ0) is 8.20. The van der Waals surface area contributed by atoms with Gasteiger partial charge in [0.25, 0.3) is 0 Å². The smallest absolute Gasteiger partial charge is 0.139 e. The minimum atomic E-state index is 0.476. The van der Waals surface area contributed by atoms with Crippen molar-refractivity contribution in [3.8, 4) is 0 Å². The molecular formula is C9H20N+. The van der Waals surface area contributed by atoms with E-state index in [1.165, 1.54) is 12.8 Å². The quantitative estimate of drug-likeness (QED) is 0.419. The summed E-state index contributed by atoms with van der Waals surface area (Å²) in [5, 5.41) is 0. The summed E-state index contributed by atoms with van der Waals surface area (Å²) in [6, 6.07) is 0. The molecule has 0 amide bonds. The maximum absolute atomic E-state index is 2.30. The summed E-state index contributed by atoms with van der Waals surface area (Å²) in [7, 11) is 4.15. The van der Waals surface area contributed by atoms with Crippen LogP contribution in [0.3, 0.4) is 0 Å². The predicted octanol–water partition coefficient (Wildman–Crippen LogP) is 2.16. The zero-order valence-electron chi connectivity index (χ0n) is 7.94. The van der Waals surface area contributed by atoms with Crippen LogP contribution in [0.1, 0.15) is 33.6 Å². The molecule has 1 nitrogen and oxygen atoms in total. The molecule has 0 heterocycles. The van der Waals surface area contributed by atoms with Gasteiger partial charge in [-0.25, -0.2) is 4.58 Å². The van der Waals surface area contributed by atoms with Gasteiger partial charge in [-0.1, -0.05) is 27.2 Å². The average Bonchev–Trinajstić information content (AvgIpc) is 1.85. The van der Waals surface area contributed by atoms with Crippen LogP contribution in [0.25, 0.3) is 0 Å². The Hall–Kier alpha value is -0.330. The van der Waals surface area contributed by atoms with Crippen molar-refractivity contribution in [3.05, 3.63) is 0 Å². The normalized spacial score (nSPS) is 11.3. The Balaban J connectivity index is 3.78. The molecule has 0 aliphatic carbocycles. The molecule has 0 unspecified atom stereocenters.